The maximum absolute atomic E-state index is 12.8. The van der Waals surface area contributed by atoms with Crippen LogP contribution < -0.4 is 21.2 Å². The number of nitrogens with one attached hydrogen (secondary N) is 2. The van der Waals surface area contributed by atoms with E-state index < -0.39 is 12.0 Å². The molecule has 0 saturated carbocycles. The highest BCUT2D eigenvalue weighted by atomic mass is 32.1. The number of anilines is 3. The first-order chi connectivity index (χ1) is 14.9. The summed E-state index contributed by atoms with van der Waals surface area (Å²) in [5.41, 5.74) is 3.22. The summed E-state index contributed by atoms with van der Waals surface area (Å²) in [7, 11) is 4.76. The van der Waals surface area contributed by atoms with E-state index >= 15 is 0 Å². The molecule has 2 amide bonds. The third kappa shape index (κ3) is 3.90. The Bertz CT molecular complexity index is 1200. The molecule has 164 valence electrons. The zero-order valence-electron chi connectivity index (χ0n) is 17.7. The fourth-order valence-electron chi connectivity index (χ4n) is 3.96. The van der Waals surface area contributed by atoms with E-state index in [1.807, 2.05) is 12.1 Å². The third-order valence-corrected chi connectivity index (χ3v) is 6.46. The average Bonchev–Trinajstić information content (AvgIpc) is 3.32. The van der Waals surface area contributed by atoms with Crippen LogP contribution in [-0.4, -0.2) is 41.3 Å². The largest absolute Gasteiger partial charge is 0.465 e. The van der Waals surface area contributed by atoms with Crippen LogP contribution in [0.2, 0.25) is 0 Å². The van der Waals surface area contributed by atoms with Crippen molar-refractivity contribution in [2.45, 2.75) is 19.3 Å². The second-order valence-corrected chi connectivity index (χ2v) is 8.46. The lowest BCUT2D eigenvalue weighted by molar-refractivity contribution is 0.0602. The minimum atomic E-state index is -0.508. The molecule has 1 saturated heterocycles. The second kappa shape index (κ2) is 8.46. The Morgan fingerprint density at radius 3 is 2.39 bits per heavy atom. The number of urea groups is 1. The summed E-state index contributed by atoms with van der Waals surface area (Å²) in [6, 6.07) is 4.93. The number of thiophene rings is 1. The quantitative estimate of drug-likeness (QED) is 0.603. The summed E-state index contributed by atoms with van der Waals surface area (Å²) in [5, 5.41) is 7.78. The number of fused-ring (bicyclic) bond motifs is 1. The maximum atomic E-state index is 12.8. The summed E-state index contributed by atoms with van der Waals surface area (Å²) in [5.74, 6) is -0.508. The van der Waals surface area contributed by atoms with E-state index in [2.05, 4.69) is 15.5 Å². The fraction of sp³-hybridized carbons (Fsp3) is 0.381. The predicted octanol–water partition coefficient (Wildman–Crippen LogP) is 3.36. The Morgan fingerprint density at radius 2 is 1.71 bits per heavy atom. The summed E-state index contributed by atoms with van der Waals surface area (Å²) < 4.78 is 7.94. The highest BCUT2D eigenvalue weighted by Gasteiger charge is 2.21. The summed E-state index contributed by atoms with van der Waals surface area (Å²) in [6.45, 7) is 1.78. The zero-order chi connectivity index (χ0) is 22.1. The van der Waals surface area contributed by atoms with Gasteiger partial charge in [-0.1, -0.05) is 0 Å². The number of piperidine rings is 1. The number of amides is 2. The number of rotatable bonds is 4. The number of carbonyl (C=O) groups is 2. The molecule has 0 unspecified atom stereocenters. The van der Waals surface area contributed by atoms with E-state index in [9.17, 15) is 14.4 Å². The first-order valence-electron chi connectivity index (χ1n) is 10.1. The highest BCUT2D eigenvalue weighted by Crippen LogP contribution is 2.33. The normalized spacial score (nSPS) is 14.0. The number of nitrogens with zero attached hydrogens (tertiary/aromatic N) is 3. The van der Waals surface area contributed by atoms with Gasteiger partial charge in [-0.05, 0) is 42.8 Å². The lowest BCUT2D eigenvalue weighted by Crippen LogP contribution is -2.31. The molecule has 3 aromatic rings. The second-order valence-electron chi connectivity index (χ2n) is 7.54. The number of benzene rings is 1. The Morgan fingerprint density at radius 1 is 1.03 bits per heavy atom. The molecule has 3 heterocycles. The molecule has 1 aliphatic rings. The van der Waals surface area contributed by atoms with Crippen molar-refractivity contribution in [2.75, 3.05) is 35.7 Å². The first kappa shape index (κ1) is 21.0. The van der Waals surface area contributed by atoms with Crippen molar-refractivity contribution in [3.63, 3.8) is 0 Å². The minimum absolute atomic E-state index is 0.123. The number of esters is 1. The van der Waals surface area contributed by atoms with Gasteiger partial charge in [-0.15, -0.1) is 11.3 Å². The van der Waals surface area contributed by atoms with Crippen LogP contribution in [0.4, 0.5) is 21.2 Å². The van der Waals surface area contributed by atoms with Crippen molar-refractivity contribution in [3.8, 4) is 0 Å². The Labute approximate surface area is 183 Å². The number of methoxy groups -OCH3 is 1. The summed E-state index contributed by atoms with van der Waals surface area (Å²) in [4.78, 5) is 39.4. The first-order valence-corrected chi connectivity index (χ1v) is 11.0. The van der Waals surface area contributed by atoms with Crippen molar-refractivity contribution in [2.24, 2.45) is 14.1 Å². The van der Waals surface area contributed by atoms with Gasteiger partial charge in [0.1, 0.15) is 5.00 Å². The molecule has 0 atom stereocenters. The molecule has 4 rings (SSSR count). The van der Waals surface area contributed by atoms with Crippen LogP contribution >= 0.6 is 11.3 Å². The topological polar surface area (TPSA) is 97.6 Å². The molecule has 2 aromatic heterocycles. The number of carbonyl (C=O) groups excluding carboxylic acids is 2. The van der Waals surface area contributed by atoms with Crippen LogP contribution in [0.1, 0.15) is 29.6 Å². The lowest BCUT2D eigenvalue weighted by Gasteiger charge is -2.30. The third-order valence-electron chi connectivity index (χ3n) is 5.63. The SMILES string of the molecule is COC(=O)c1ccsc1NC(=O)Nc1cc2c(cc1N1CCCCC1)n(C)c(=O)n2C. The van der Waals surface area contributed by atoms with Crippen LogP contribution in [0.3, 0.4) is 0 Å². The number of imidazole rings is 1. The van der Waals surface area contributed by atoms with Gasteiger partial charge in [0.15, 0.2) is 0 Å². The molecule has 0 aliphatic carbocycles. The van der Waals surface area contributed by atoms with Gasteiger partial charge < -0.3 is 15.0 Å². The number of ether oxygens (including phenoxy) is 1. The van der Waals surface area contributed by atoms with Gasteiger partial charge in [-0.2, -0.15) is 0 Å². The van der Waals surface area contributed by atoms with Crippen molar-refractivity contribution >= 4 is 50.7 Å². The Hall–Kier alpha value is -3.27. The van der Waals surface area contributed by atoms with Gasteiger partial charge in [-0.3, -0.25) is 14.5 Å². The van der Waals surface area contributed by atoms with Gasteiger partial charge in [0, 0.05) is 27.2 Å². The van der Waals surface area contributed by atoms with Crippen molar-refractivity contribution < 1.29 is 14.3 Å². The Balaban J connectivity index is 1.69. The molecule has 1 aliphatic heterocycles. The van der Waals surface area contributed by atoms with Gasteiger partial charge in [0.05, 0.1) is 35.1 Å². The van der Waals surface area contributed by atoms with Crippen LogP contribution in [0.15, 0.2) is 28.4 Å². The maximum Gasteiger partial charge on any atom is 0.340 e. The molecule has 2 N–H and O–H groups in total. The summed E-state index contributed by atoms with van der Waals surface area (Å²) >= 11 is 1.24. The van der Waals surface area contributed by atoms with Crippen LogP contribution in [-0.2, 0) is 18.8 Å². The van der Waals surface area contributed by atoms with Crippen LogP contribution in [0.5, 0.6) is 0 Å². The average molecular weight is 444 g/mol. The van der Waals surface area contributed by atoms with E-state index in [4.69, 9.17) is 4.74 Å². The molecule has 1 aromatic carbocycles. The smallest absolute Gasteiger partial charge is 0.340 e. The standard InChI is InChI=1S/C21H25N5O4S/c1-24-16-11-14(22-20(28)23-18-13(7-10-31-18)19(27)30-3)15(26-8-5-4-6-9-26)12-17(16)25(2)21(24)29/h7,10-12H,4-6,8-9H2,1-3H3,(H2,22,23,28). The summed E-state index contributed by atoms with van der Waals surface area (Å²) in [6.07, 6.45) is 3.34. The van der Waals surface area contributed by atoms with Crippen LogP contribution in [0.25, 0.3) is 11.0 Å². The number of aromatic nitrogens is 2. The lowest BCUT2D eigenvalue weighted by atomic mass is 10.1. The molecular formula is C21H25N5O4S. The van der Waals surface area contributed by atoms with Gasteiger partial charge in [-0.25, -0.2) is 14.4 Å². The zero-order valence-corrected chi connectivity index (χ0v) is 18.5. The molecule has 10 heteroatoms. The number of hydrogen-bond acceptors (Lipinski definition) is 6. The molecule has 0 radical (unpaired) electrons. The molecule has 0 bridgehead atoms. The van der Waals surface area contributed by atoms with E-state index in [0.29, 0.717) is 16.3 Å². The molecule has 1 fully saturated rings. The molecular weight excluding hydrogens is 418 g/mol. The predicted molar refractivity (Wildman–Crippen MR) is 123 cm³/mol. The van der Waals surface area contributed by atoms with Crippen LogP contribution in [0, 0.1) is 0 Å². The molecule has 0 spiro atoms. The highest BCUT2D eigenvalue weighted by molar-refractivity contribution is 7.14. The molecule has 9 nitrogen and oxygen atoms in total. The van der Waals surface area contributed by atoms with Gasteiger partial charge in [0.2, 0.25) is 0 Å². The number of aryl methyl sites for hydroxylation is 2. The van der Waals surface area contributed by atoms with Gasteiger partial charge >= 0.3 is 17.7 Å². The monoisotopic (exact) mass is 443 g/mol. The van der Waals surface area contributed by atoms with Crippen molar-refractivity contribution in [3.05, 3.63) is 39.6 Å². The minimum Gasteiger partial charge on any atom is -0.465 e. The van der Waals surface area contributed by atoms with Gasteiger partial charge in [0.25, 0.3) is 0 Å². The Kier molecular flexibility index (Phi) is 5.73. The van der Waals surface area contributed by atoms with E-state index in [0.717, 1.165) is 42.7 Å². The van der Waals surface area contributed by atoms with E-state index in [-0.39, 0.29) is 5.69 Å². The van der Waals surface area contributed by atoms with Crippen molar-refractivity contribution in [1.29, 1.82) is 0 Å². The number of hydrogen-bond donors (Lipinski definition) is 2. The molecule has 31 heavy (non-hydrogen) atoms. The fourth-order valence-corrected chi connectivity index (χ4v) is 4.73. The van der Waals surface area contributed by atoms with E-state index in [1.54, 1.807) is 34.7 Å². The van der Waals surface area contributed by atoms with E-state index in [1.165, 1.54) is 24.9 Å². The van der Waals surface area contributed by atoms with Crippen molar-refractivity contribution in [1.82, 2.24) is 9.13 Å².